The molecule has 2 aromatic heterocycles. The van der Waals surface area contributed by atoms with Crippen LogP contribution in [0.1, 0.15) is 67.4 Å². The number of pyridine rings is 2. The number of rotatable bonds is 2. The zero-order valence-corrected chi connectivity index (χ0v) is 20.6. The summed E-state index contributed by atoms with van der Waals surface area (Å²) in [6, 6.07) is 0. The Morgan fingerprint density at radius 2 is 1.34 bits per heavy atom. The first-order valence-corrected chi connectivity index (χ1v) is 10.9. The lowest BCUT2D eigenvalue weighted by Crippen LogP contribution is -2.43. The third kappa shape index (κ3) is 2.65. The molecule has 0 aliphatic carbocycles. The van der Waals surface area contributed by atoms with Crippen molar-refractivity contribution in [2.45, 2.75) is 68.0 Å². The molecule has 1 amide bonds. The summed E-state index contributed by atoms with van der Waals surface area (Å²) >= 11 is 0. The van der Waals surface area contributed by atoms with Gasteiger partial charge in [0.1, 0.15) is 5.82 Å². The minimum absolute atomic E-state index is 0.237. The topological polar surface area (TPSA) is 75.6 Å². The number of nitrogens with zero attached hydrogens (tertiary/aromatic N) is 3. The maximum absolute atomic E-state index is 13.8. The molecule has 168 valence electrons. The summed E-state index contributed by atoms with van der Waals surface area (Å²) in [5, 5.41) is 12.7. The predicted molar refractivity (Wildman–Crippen MR) is 127 cm³/mol. The van der Waals surface area contributed by atoms with Gasteiger partial charge in [-0.05, 0) is 101 Å². The summed E-state index contributed by atoms with van der Waals surface area (Å²) in [4.78, 5) is 24.6. The van der Waals surface area contributed by atoms with E-state index in [-0.39, 0.29) is 5.91 Å². The van der Waals surface area contributed by atoms with E-state index in [2.05, 4.69) is 4.98 Å². The summed E-state index contributed by atoms with van der Waals surface area (Å²) < 4.78 is 5.46. The monoisotopic (exact) mass is 433 g/mol. The van der Waals surface area contributed by atoms with Gasteiger partial charge in [-0.2, -0.15) is 4.98 Å². The van der Waals surface area contributed by atoms with Gasteiger partial charge in [-0.1, -0.05) is 0 Å². The highest BCUT2D eigenvalue weighted by atomic mass is 16.5. The third-order valence-electron chi connectivity index (χ3n) is 7.59. The first-order chi connectivity index (χ1) is 14.9. The lowest BCUT2D eigenvalue weighted by molar-refractivity contribution is 0.0544. The Bertz CT molecular complexity index is 1340. The van der Waals surface area contributed by atoms with Crippen LogP contribution in [0.4, 0.5) is 5.82 Å². The Hall–Kier alpha value is -2.99. The maximum Gasteiger partial charge on any atom is 0.262 e. The Morgan fingerprint density at radius 3 is 1.94 bits per heavy atom. The molecule has 3 heterocycles. The molecule has 1 N–H and O–H groups in total. The number of hydrogen-bond donors (Lipinski definition) is 1. The maximum atomic E-state index is 13.8. The summed E-state index contributed by atoms with van der Waals surface area (Å²) in [7, 11) is 1.59. The second-order valence-corrected chi connectivity index (χ2v) is 9.17. The number of hydrogen-bond acceptors (Lipinski definition) is 5. The van der Waals surface area contributed by atoms with Crippen molar-refractivity contribution in [2.24, 2.45) is 0 Å². The highest BCUT2D eigenvalue weighted by Crippen LogP contribution is 2.46. The van der Waals surface area contributed by atoms with Crippen molar-refractivity contribution in [1.29, 1.82) is 0 Å². The number of carbonyl (C=O) groups excluding carboxylic acids is 1. The fourth-order valence-corrected chi connectivity index (χ4v) is 5.13. The van der Waals surface area contributed by atoms with Crippen LogP contribution in [-0.2, 0) is 5.72 Å². The van der Waals surface area contributed by atoms with E-state index in [0.29, 0.717) is 28.5 Å². The number of anilines is 1. The van der Waals surface area contributed by atoms with Gasteiger partial charge < -0.3 is 9.84 Å². The molecule has 0 fully saturated rings. The van der Waals surface area contributed by atoms with Gasteiger partial charge in [-0.25, -0.2) is 4.98 Å². The number of amides is 1. The predicted octanol–water partition coefficient (Wildman–Crippen LogP) is 4.93. The van der Waals surface area contributed by atoms with Crippen LogP contribution in [0.25, 0.3) is 11.0 Å². The Kier molecular flexibility index (Phi) is 4.86. The Morgan fingerprint density at radius 1 is 0.781 bits per heavy atom. The Balaban J connectivity index is 2.06. The molecule has 1 atom stereocenters. The number of aromatic nitrogens is 2. The first kappa shape index (κ1) is 22.2. The van der Waals surface area contributed by atoms with Gasteiger partial charge in [0.2, 0.25) is 5.88 Å². The molecule has 32 heavy (non-hydrogen) atoms. The minimum Gasteiger partial charge on any atom is -0.481 e. The van der Waals surface area contributed by atoms with E-state index >= 15 is 0 Å². The van der Waals surface area contributed by atoms with Gasteiger partial charge in [-0.3, -0.25) is 9.69 Å². The molecule has 0 radical (unpaired) electrons. The van der Waals surface area contributed by atoms with Crippen molar-refractivity contribution in [3.63, 3.8) is 0 Å². The largest absolute Gasteiger partial charge is 0.481 e. The standard InChI is InChI=1S/C26H31N3O3/c1-11-12(2)16(6)21-20(13(11)3)25(30)29(26(21,9)31)23-17(7)14(4)19-15(5)18(8)24(32-10)28-22(19)27-23/h31H,1-10H3. The normalized spacial score (nSPS) is 18.0. The SMILES string of the molecule is COc1nc2nc(N3C(=O)c4c(C)c(C)c(C)c(C)c4C3(C)O)c(C)c(C)c2c(C)c1C. The number of carbonyl (C=O) groups is 1. The van der Waals surface area contributed by atoms with Crippen molar-refractivity contribution >= 4 is 22.8 Å². The molecular formula is C26H31N3O3. The van der Waals surface area contributed by atoms with Gasteiger partial charge in [0, 0.05) is 16.5 Å². The number of aliphatic hydroxyl groups is 1. The molecule has 1 unspecified atom stereocenters. The molecule has 6 nitrogen and oxygen atoms in total. The average Bonchev–Trinajstić information content (AvgIpc) is 2.95. The van der Waals surface area contributed by atoms with E-state index in [1.165, 1.54) is 4.90 Å². The number of fused-ring (bicyclic) bond motifs is 2. The highest BCUT2D eigenvalue weighted by molar-refractivity contribution is 6.13. The van der Waals surface area contributed by atoms with Gasteiger partial charge >= 0.3 is 0 Å². The number of methoxy groups -OCH3 is 1. The van der Waals surface area contributed by atoms with Crippen LogP contribution in [0.2, 0.25) is 0 Å². The van der Waals surface area contributed by atoms with E-state index in [1.807, 2.05) is 55.4 Å². The van der Waals surface area contributed by atoms with E-state index in [0.717, 1.165) is 49.9 Å². The van der Waals surface area contributed by atoms with Crippen molar-refractivity contribution in [2.75, 3.05) is 12.0 Å². The quantitative estimate of drug-likeness (QED) is 0.620. The van der Waals surface area contributed by atoms with Gasteiger partial charge in [0.15, 0.2) is 11.4 Å². The number of aryl methyl sites for hydroxylation is 2. The van der Waals surface area contributed by atoms with E-state index < -0.39 is 5.72 Å². The van der Waals surface area contributed by atoms with E-state index in [4.69, 9.17) is 9.72 Å². The molecule has 6 heteroatoms. The first-order valence-electron chi connectivity index (χ1n) is 10.9. The summed E-state index contributed by atoms with van der Waals surface area (Å²) in [5.74, 6) is 0.699. The van der Waals surface area contributed by atoms with Crippen molar-refractivity contribution in [3.05, 3.63) is 55.6 Å². The lowest BCUT2D eigenvalue weighted by atomic mass is 9.87. The summed E-state index contributed by atoms with van der Waals surface area (Å²) in [6.07, 6.45) is 0. The van der Waals surface area contributed by atoms with Crippen molar-refractivity contribution in [1.82, 2.24) is 9.97 Å². The average molecular weight is 434 g/mol. The molecule has 1 aliphatic heterocycles. The zero-order valence-electron chi connectivity index (χ0n) is 20.6. The second-order valence-electron chi connectivity index (χ2n) is 9.17. The smallest absolute Gasteiger partial charge is 0.262 e. The van der Waals surface area contributed by atoms with Crippen LogP contribution in [0.15, 0.2) is 0 Å². The summed E-state index contributed by atoms with van der Waals surface area (Å²) in [6.45, 7) is 17.6. The zero-order chi connectivity index (χ0) is 23.9. The second kappa shape index (κ2) is 7.01. The molecule has 0 saturated carbocycles. The molecule has 0 bridgehead atoms. The van der Waals surface area contributed by atoms with E-state index in [1.54, 1.807) is 14.0 Å². The van der Waals surface area contributed by atoms with Crippen LogP contribution < -0.4 is 9.64 Å². The highest BCUT2D eigenvalue weighted by Gasteiger charge is 2.49. The van der Waals surface area contributed by atoms with Crippen LogP contribution in [0, 0.1) is 55.4 Å². The fourth-order valence-electron chi connectivity index (χ4n) is 5.13. The molecule has 4 rings (SSSR count). The molecule has 0 saturated heterocycles. The number of ether oxygens (including phenoxy) is 1. The molecular weight excluding hydrogens is 402 g/mol. The summed E-state index contributed by atoms with van der Waals surface area (Å²) in [5.41, 5.74) is 8.05. The molecule has 0 spiro atoms. The van der Waals surface area contributed by atoms with Crippen LogP contribution in [-0.4, -0.2) is 28.1 Å². The van der Waals surface area contributed by atoms with Crippen LogP contribution in [0.3, 0.4) is 0 Å². The van der Waals surface area contributed by atoms with Crippen LogP contribution in [0.5, 0.6) is 5.88 Å². The number of benzene rings is 1. The lowest BCUT2D eigenvalue weighted by Gasteiger charge is -2.32. The van der Waals surface area contributed by atoms with Gasteiger partial charge in [-0.15, -0.1) is 0 Å². The fraction of sp³-hybridized carbons (Fsp3) is 0.423. The van der Waals surface area contributed by atoms with Crippen LogP contribution >= 0.6 is 0 Å². The molecule has 1 aromatic carbocycles. The van der Waals surface area contributed by atoms with E-state index in [9.17, 15) is 9.90 Å². The third-order valence-corrected chi connectivity index (χ3v) is 7.59. The Labute approximate surface area is 189 Å². The van der Waals surface area contributed by atoms with Gasteiger partial charge in [0.05, 0.1) is 12.7 Å². The molecule has 3 aromatic rings. The van der Waals surface area contributed by atoms with Crippen molar-refractivity contribution < 1.29 is 14.6 Å². The minimum atomic E-state index is -1.53. The van der Waals surface area contributed by atoms with Crippen molar-refractivity contribution in [3.8, 4) is 5.88 Å². The van der Waals surface area contributed by atoms with Gasteiger partial charge in [0.25, 0.3) is 5.91 Å². The molecule has 1 aliphatic rings.